The van der Waals surface area contributed by atoms with E-state index in [0.717, 1.165) is 21.2 Å². The average molecular weight is 411 g/mol. The summed E-state index contributed by atoms with van der Waals surface area (Å²) in [4.78, 5) is 31.0. The second-order valence-corrected chi connectivity index (χ2v) is 8.07. The van der Waals surface area contributed by atoms with Gasteiger partial charge in [0.05, 0.1) is 21.8 Å². The number of para-hydroxylation sites is 1. The molecule has 0 spiro atoms. The van der Waals surface area contributed by atoms with Crippen LogP contribution in [0, 0.1) is 0 Å². The van der Waals surface area contributed by atoms with Crippen LogP contribution >= 0.6 is 11.3 Å². The summed E-state index contributed by atoms with van der Waals surface area (Å²) >= 11 is 1.38. The summed E-state index contributed by atoms with van der Waals surface area (Å²) in [6, 6.07) is 23.9. The molecule has 146 valence electrons. The Bertz CT molecular complexity index is 1320. The summed E-state index contributed by atoms with van der Waals surface area (Å²) in [7, 11) is 0. The molecule has 6 heteroatoms. The zero-order chi connectivity index (χ0) is 20.7. The number of carbonyl (C=O) groups excluding carboxylic acids is 2. The van der Waals surface area contributed by atoms with Gasteiger partial charge in [0.15, 0.2) is 6.04 Å². The van der Waals surface area contributed by atoms with Gasteiger partial charge in [-0.25, -0.2) is 0 Å². The highest BCUT2D eigenvalue weighted by atomic mass is 32.1. The Morgan fingerprint density at radius 2 is 1.63 bits per heavy atom. The number of nitrogens with one attached hydrogen (secondary N) is 1. The summed E-state index contributed by atoms with van der Waals surface area (Å²) in [5.41, 5.74) is 9.21. The number of carbonyl (C=O) groups is 2. The minimum atomic E-state index is -0.882. The molecule has 1 aliphatic rings. The molecule has 3 aromatic carbocycles. The van der Waals surface area contributed by atoms with E-state index in [0.29, 0.717) is 21.8 Å². The van der Waals surface area contributed by atoms with Crippen molar-refractivity contribution in [3.05, 3.63) is 100 Å². The van der Waals surface area contributed by atoms with E-state index in [4.69, 9.17) is 10.7 Å². The van der Waals surface area contributed by atoms with Crippen molar-refractivity contribution in [2.24, 2.45) is 10.7 Å². The molecule has 1 atom stereocenters. The van der Waals surface area contributed by atoms with Crippen molar-refractivity contribution in [1.82, 2.24) is 0 Å². The van der Waals surface area contributed by atoms with Crippen molar-refractivity contribution in [2.45, 2.75) is 6.04 Å². The van der Waals surface area contributed by atoms with Gasteiger partial charge in [-0.2, -0.15) is 0 Å². The fourth-order valence-electron chi connectivity index (χ4n) is 3.77. The summed E-state index contributed by atoms with van der Waals surface area (Å²) in [6.45, 7) is 0. The Labute approximate surface area is 176 Å². The van der Waals surface area contributed by atoms with Crippen LogP contribution in [-0.4, -0.2) is 17.5 Å². The first-order valence-corrected chi connectivity index (χ1v) is 10.3. The number of anilines is 1. The molecular formula is C24H17N3O2S. The second-order valence-electron chi connectivity index (χ2n) is 6.98. The van der Waals surface area contributed by atoms with Gasteiger partial charge in [-0.1, -0.05) is 66.7 Å². The first-order chi connectivity index (χ1) is 14.6. The van der Waals surface area contributed by atoms with E-state index in [1.807, 2.05) is 78.9 Å². The highest BCUT2D eigenvalue weighted by molar-refractivity contribution is 7.19. The number of amides is 2. The maximum Gasteiger partial charge on any atom is 0.254 e. The second kappa shape index (κ2) is 7.24. The number of thiophene rings is 1. The number of nitrogens with two attached hydrogens (primary N) is 1. The highest BCUT2D eigenvalue weighted by Gasteiger charge is 2.32. The number of aliphatic imine (C=N–C) groups is 1. The Hall–Kier alpha value is -3.77. The Balaban J connectivity index is 1.77. The van der Waals surface area contributed by atoms with Crippen molar-refractivity contribution < 1.29 is 9.59 Å². The van der Waals surface area contributed by atoms with Crippen LogP contribution in [0.5, 0.6) is 0 Å². The van der Waals surface area contributed by atoms with Crippen LogP contribution in [0.3, 0.4) is 0 Å². The van der Waals surface area contributed by atoms with Gasteiger partial charge in [0, 0.05) is 21.2 Å². The predicted octanol–water partition coefficient (Wildman–Crippen LogP) is 4.53. The van der Waals surface area contributed by atoms with Crippen LogP contribution in [-0.2, 0) is 4.79 Å². The molecule has 2 heterocycles. The molecule has 0 radical (unpaired) electrons. The molecule has 0 bridgehead atoms. The average Bonchev–Trinajstić information content (AvgIpc) is 3.08. The highest BCUT2D eigenvalue weighted by Crippen LogP contribution is 2.39. The number of fused-ring (bicyclic) bond motifs is 2. The van der Waals surface area contributed by atoms with Crippen molar-refractivity contribution in [3.8, 4) is 0 Å². The van der Waals surface area contributed by atoms with E-state index in [2.05, 4.69) is 5.32 Å². The van der Waals surface area contributed by atoms with Gasteiger partial charge in [-0.05, 0) is 12.1 Å². The third-order valence-corrected chi connectivity index (χ3v) is 6.33. The van der Waals surface area contributed by atoms with Crippen LogP contribution in [0.25, 0.3) is 10.1 Å². The number of hydrogen-bond acceptors (Lipinski definition) is 4. The minimum absolute atomic E-state index is 0.289. The largest absolute Gasteiger partial charge is 0.366 e. The summed E-state index contributed by atoms with van der Waals surface area (Å²) in [6.07, 6.45) is 0. The number of benzene rings is 3. The van der Waals surface area contributed by atoms with E-state index in [-0.39, 0.29) is 5.91 Å². The van der Waals surface area contributed by atoms with Gasteiger partial charge in [0.2, 0.25) is 0 Å². The lowest BCUT2D eigenvalue weighted by Gasteiger charge is -2.11. The predicted molar refractivity (Wildman–Crippen MR) is 120 cm³/mol. The third kappa shape index (κ3) is 2.98. The summed E-state index contributed by atoms with van der Waals surface area (Å²) in [5.74, 6) is -0.851. The van der Waals surface area contributed by atoms with Crippen molar-refractivity contribution in [3.63, 3.8) is 0 Å². The molecule has 1 aromatic heterocycles. The van der Waals surface area contributed by atoms with Gasteiger partial charge in [0.1, 0.15) is 0 Å². The topological polar surface area (TPSA) is 84.6 Å². The number of primary amides is 1. The van der Waals surface area contributed by atoms with Gasteiger partial charge in [-0.3, -0.25) is 14.6 Å². The molecule has 5 rings (SSSR count). The van der Waals surface area contributed by atoms with Crippen LogP contribution in [0.15, 0.2) is 83.9 Å². The SMILES string of the molecule is NC(=O)c1c(C2N=C(c3ccccc3)c3ccccc3NC2=O)sc2ccccc12. The first kappa shape index (κ1) is 18.3. The lowest BCUT2D eigenvalue weighted by Crippen LogP contribution is -2.21. The summed E-state index contributed by atoms with van der Waals surface area (Å²) in [5, 5.41) is 3.73. The Kier molecular flexibility index (Phi) is 4.41. The normalized spacial score (nSPS) is 15.8. The molecule has 30 heavy (non-hydrogen) atoms. The van der Waals surface area contributed by atoms with Crippen molar-refractivity contribution >= 4 is 44.6 Å². The van der Waals surface area contributed by atoms with Crippen molar-refractivity contribution in [1.29, 1.82) is 0 Å². The third-order valence-electron chi connectivity index (χ3n) is 5.11. The molecule has 0 saturated heterocycles. The van der Waals surface area contributed by atoms with Crippen molar-refractivity contribution in [2.75, 3.05) is 5.32 Å². The molecule has 0 saturated carbocycles. The lowest BCUT2D eigenvalue weighted by molar-refractivity contribution is -0.117. The number of hydrogen-bond donors (Lipinski definition) is 2. The number of nitrogens with zero attached hydrogens (tertiary/aromatic N) is 1. The van der Waals surface area contributed by atoms with E-state index in [1.165, 1.54) is 11.3 Å². The van der Waals surface area contributed by atoms with E-state index in [9.17, 15) is 9.59 Å². The quantitative estimate of drug-likeness (QED) is 0.519. The van der Waals surface area contributed by atoms with Crippen LogP contribution in [0.2, 0.25) is 0 Å². The summed E-state index contributed by atoms with van der Waals surface area (Å²) < 4.78 is 0.896. The fourth-order valence-corrected chi connectivity index (χ4v) is 5.02. The number of rotatable bonds is 3. The fraction of sp³-hybridized carbons (Fsp3) is 0.0417. The standard InChI is InChI=1S/C24H17N3O2S/c25-23(28)19-16-11-5-7-13-18(16)30-22(19)21-24(29)26-17-12-6-4-10-15(17)20(27-21)14-8-2-1-3-9-14/h1-13,21H,(H2,25,28)(H,26,29). The molecule has 4 aromatic rings. The number of benzodiazepines with no additional fused rings is 1. The minimum Gasteiger partial charge on any atom is -0.366 e. The van der Waals surface area contributed by atoms with Gasteiger partial charge in [-0.15, -0.1) is 11.3 Å². The molecule has 1 unspecified atom stereocenters. The maximum atomic E-state index is 13.2. The zero-order valence-electron chi connectivity index (χ0n) is 15.8. The smallest absolute Gasteiger partial charge is 0.254 e. The van der Waals surface area contributed by atoms with Crippen LogP contribution in [0.4, 0.5) is 5.69 Å². The van der Waals surface area contributed by atoms with E-state index < -0.39 is 11.9 Å². The van der Waals surface area contributed by atoms with Gasteiger partial charge >= 0.3 is 0 Å². The molecule has 0 aliphatic carbocycles. The molecule has 5 nitrogen and oxygen atoms in total. The maximum absolute atomic E-state index is 13.2. The molecular weight excluding hydrogens is 394 g/mol. The molecule has 2 amide bonds. The van der Waals surface area contributed by atoms with Gasteiger partial charge in [0.25, 0.3) is 11.8 Å². The van der Waals surface area contributed by atoms with Crippen LogP contribution in [0.1, 0.15) is 32.4 Å². The van der Waals surface area contributed by atoms with Gasteiger partial charge < -0.3 is 11.1 Å². The lowest BCUT2D eigenvalue weighted by atomic mass is 10.0. The Morgan fingerprint density at radius 1 is 0.933 bits per heavy atom. The van der Waals surface area contributed by atoms with Crippen LogP contribution < -0.4 is 11.1 Å². The molecule has 3 N–H and O–H groups in total. The molecule has 0 fully saturated rings. The molecule has 1 aliphatic heterocycles. The zero-order valence-corrected chi connectivity index (χ0v) is 16.6. The Morgan fingerprint density at radius 3 is 2.43 bits per heavy atom. The van der Waals surface area contributed by atoms with E-state index >= 15 is 0 Å². The first-order valence-electron chi connectivity index (χ1n) is 9.48. The van der Waals surface area contributed by atoms with E-state index in [1.54, 1.807) is 0 Å². The monoisotopic (exact) mass is 411 g/mol.